The number of anilines is 1. The molecule has 0 spiro atoms. The summed E-state index contributed by atoms with van der Waals surface area (Å²) in [5.41, 5.74) is 0.709. The van der Waals surface area contributed by atoms with Crippen molar-refractivity contribution in [1.82, 2.24) is 10.1 Å². The molecule has 9 heteroatoms. The third-order valence-corrected chi connectivity index (χ3v) is 4.58. The molecule has 2 aromatic rings. The SMILES string of the molecule is Cc1cc(NC(=O)C2CCN(C(=O)/C=C/c3ccc([N+](=O)[O-])cc3)CC2)no1. The van der Waals surface area contributed by atoms with Gasteiger partial charge in [0.2, 0.25) is 11.8 Å². The summed E-state index contributed by atoms with van der Waals surface area (Å²) in [6, 6.07) is 7.61. The highest BCUT2D eigenvalue weighted by atomic mass is 16.6. The lowest BCUT2D eigenvalue weighted by Crippen LogP contribution is -2.40. The lowest BCUT2D eigenvalue weighted by molar-refractivity contribution is -0.384. The molecule has 3 rings (SSSR count). The molecule has 1 saturated heterocycles. The fourth-order valence-corrected chi connectivity index (χ4v) is 3.00. The molecular formula is C19H20N4O5. The zero-order valence-electron chi connectivity index (χ0n) is 15.3. The van der Waals surface area contributed by atoms with Crippen LogP contribution in [0.5, 0.6) is 0 Å². The van der Waals surface area contributed by atoms with Gasteiger partial charge in [0, 0.05) is 43.3 Å². The van der Waals surface area contributed by atoms with Crippen LogP contribution >= 0.6 is 0 Å². The van der Waals surface area contributed by atoms with Gasteiger partial charge >= 0.3 is 0 Å². The molecule has 9 nitrogen and oxygen atoms in total. The number of piperidine rings is 1. The van der Waals surface area contributed by atoms with Crippen LogP contribution in [0.2, 0.25) is 0 Å². The standard InChI is InChI=1S/C19H20N4O5/c1-13-12-17(21-28-13)20-19(25)15-8-10-22(11-9-15)18(24)7-4-14-2-5-16(6-3-14)23(26)27/h2-7,12,15H,8-11H2,1H3,(H,20,21,25)/b7-4+. The number of non-ortho nitro benzene ring substituents is 1. The highest BCUT2D eigenvalue weighted by Gasteiger charge is 2.27. The molecule has 2 heterocycles. The van der Waals surface area contributed by atoms with Crippen LogP contribution in [-0.4, -0.2) is 39.9 Å². The molecule has 146 valence electrons. The second kappa shape index (κ2) is 8.47. The van der Waals surface area contributed by atoms with Gasteiger partial charge in [-0.3, -0.25) is 19.7 Å². The molecule has 0 saturated carbocycles. The van der Waals surface area contributed by atoms with Crippen molar-refractivity contribution in [3.63, 3.8) is 0 Å². The molecule has 0 bridgehead atoms. The minimum absolute atomic E-state index is 0.00427. The van der Waals surface area contributed by atoms with Crippen molar-refractivity contribution in [3.8, 4) is 0 Å². The van der Waals surface area contributed by atoms with Crippen LogP contribution in [0, 0.1) is 23.0 Å². The Labute approximate surface area is 161 Å². The van der Waals surface area contributed by atoms with Gasteiger partial charge in [-0.2, -0.15) is 0 Å². The number of benzene rings is 1. The van der Waals surface area contributed by atoms with Gasteiger partial charge in [0.25, 0.3) is 5.69 Å². The predicted molar refractivity (Wildman–Crippen MR) is 101 cm³/mol. The first-order valence-electron chi connectivity index (χ1n) is 8.88. The molecule has 1 aliphatic heterocycles. The number of rotatable bonds is 5. The predicted octanol–water partition coefficient (Wildman–Crippen LogP) is 2.78. The third-order valence-electron chi connectivity index (χ3n) is 4.58. The molecular weight excluding hydrogens is 364 g/mol. The van der Waals surface area contributed by atoms with Crippen molar-refractivity contribution < 1.29 is 19.0 Å². The van der Waals surface area contributed by atoms with Crippen molar-refractivity contribution in [2.45, 2.75) is 19.8 Å². The van der Waals surface area contributed by atoms with E-state index in [4.69, 9.17) is 4.52 Å². The number of nitro benzene ring substituents is 1. The summed E-state index contributed by atoms with van der Waals surface area (Å²) in [5, 5.41) is 17.1. The van der Waals surface area contributed by atoms with Crippen LogP contribution in [0.3, 0.4) is 0 Å². The summed E-state index contributed by atoms with van der Waals surface area (Å²) >= 11 is 0. The Kier molecular flexibility index (Phi) is 5.83. The number of carbonyl (C=O) groups excluding carboxylic acids is 2. The number of aromatic nitrogens is 1. The smallest absolute Gasteiger partial charge is 0.269 e. The molecule has 0 atom stereocenters. The van der Waals surface area contributed by atoms with Gasteiger partial charge in [0.1, 0.15) is 5.76 Å². The van der Waals surface area contributed by atoms with Crippen LogP contribution in [0.15, 0.2) is 40.9 Å². The first-order valence-corrected chi connectivity index (χ1v) is 8.88. The van der Waals surface area contributed by atoms with E-state index in [9.17, 15) is 19.7 Å². The van der Waals surface area contributed by atoms with Gasteiger partial charge in [0.05, 0.1) is 4.92 Å². The van der Waals surface area contributed by atoms with Gasteiger partial charge in [-0.05, 0) is 43.5 Å². The Bertz CT molecular complexity index is 895. The van der Waals surface area contributed by atoms with Gasteiger partial charge in [-0.1, -0.05) is 5.16 Å². The molecule has 1 N–H and O–H groups in total. The molecule has 1 aromatic carbocycles. The number of nitrogens with one attached hydrogen (secondary N) is 1. The zero-order chi connectivity index (χ0) is 20.1. The van der Waals surface area contributed by atoms with Crippen molar-refractivity contribution in [3.05, 3.63) is 57.8 Å². The van der Waals surface area contributed by atoms with E-state index in [1.807, 2.05) is 0 Å². The highest BCUT2D eigenvalue weighted by Crippen LogP contribution is 2.20. The van der Waals surface area contributed by atoms with Crippen molar-refractivity contribution >= 4 is 29.4 Å². The topological polar surface area (TPSA) is 119 Å². The summed E-state index contributed by atoms with van der Waals surface area (Å²) in [7, 11) is 0. The van der Waals surface area contributed by atoms with Crippen molar-refractivity contribution in [2.24, 2.45) is 5.92 Å². The average Bonchev–Trinajstić information content (AvgIpc) is 3.11. The van der Waals surface area contributed by atoms with Crippen LogP contribution in [0.4, 0.5) is 11.5 Å². The highest BCUT2D eigenvalue weighted by molar-refractivity contribution is 5.93. The summed E-state index contributed by atoms with van der Waals surface area (Å²) in [4.78, 5) is 36.5. The Morgan fingerprint density at radius 3 is 2.54 bits per heavy atom. The number of hydrogen-bond acceptors (Lipinski definition) is 6. The summed E-state index contributed by atoms with van der Waals surface area (Å²) in [6.45, 7) is 2.72. The summed E-state index contributed by atoms with van der Waals surface area (Å²) < 4.78 is 4.92. The first-order chi connectivity index (χ1) is 13.4. The second-order valence-corrected chi connectivity index (χ2v) is 6.59. The normalized spacial score (nSPS) is 15.0. The number of aryl methyl sites for hydroxylation is 1. The number of amides is 2. The number of nitrogens with zero attached hydrogens (tertiary/aromatic N) is 3. The van der Waals surface area contributed by atoms with E-state index in [1.165, 1.54) is 18.2 Å². The van der Waals surface area contributed by atoms with E-state index >= 15 is 0 Å². The van der Waals surface area contributed by atoms with Crippen molar-refractivity contribution in [1.29, 1.82) is 0 Å². The second-order valence-electron chi connectivity index (χ2n) is 6.59. The van der Waals surface area contributed by atoms with E-state index in [0.29, 0.717) is 43.1 Å². The number of likely N-dealkylation sites (tertiary alicyclic amines) is 1. The molecule has 2 amide bonds. The molecule has 0 radical (unpaired) electrons. The third kappa shape index (κ3) is 4.81. The molecule has 1 aliphatic rings. The lowest BCUT2D eigenvalue weighted by atomic mass is 9.96. The number of hydrogen-bond donors (Lipinski definition) is 1. The van der Waals surface area contributed by atoms with E-state index in [0.717, 1.165) is 0 Å². The number of carbonyl (C=O) groups is 2. The Balaban J connectivity index is 1.49. The number of nitro groups is 1. The molecule has 1 fully saturated rings. The monoisotopic (exact) mass is 384 g/mol. The maximum Gasteiger partial charge on any atom is 0.269 e. The fraction of sp³-hybridized carbons (Fsp3) is 0.316. The first kappa shape index (κ1) is 19.3. The Morgan fingerprint density at radius 2 is 1.96 bits per heavy atom. The Hall–Kier alpha value is -3.49. The van der Waals surface area contributed by atoms with E-state index in [-0.39, 0.29) is 23.4 Å². The van der Waals surface area contributed by atoms with Gasteiger partial charge in [-0.25, -0.2) is 0 Å². The maximum absolute atomic E-state index is 12.3. The summed E-state index contributed by atoms with van der Waals surface area (Å²) in [6.07, 6.45) is 4.21. The minimum atomic E-state index is -0.470. The van der Waals surface area contributed by atoms with Crippen molar-refractivity contribution in [2.75, 3.05) is 18.4 Å². The van der Waals surface area contributed by atoms with Gasteiger partial charge < -0.3 is 14.7 Å². The quantitative estimate of drug-likeness (QED) is 0.481. The molecule has 0 unspecified atom stereocenters. The molecule has 1 aromatic heterocycles. The lowest BCUT2D eigenvalue weighted by Gasteiger charge is -2.30. The van der Waals surface area contributed by atoms with Crippen LogP contribution in [0.1, 0.15) is 24.2 Å². The van der Waals surface area contributed by atoms with Gasteiger partial charge in [0.15, 0.2) is 5.82 Å². The fourth-order valence-electron chi connectivity index (χ4n) is 3.00. The van der Waals surface area contributed by atoms with Gasteiger partial charge in [-0.15, -0.1) is 0 Å². The van der Waals surface area contributed by atoms with E-state index in [1.54, 1.807) is 36.1 Å². The maximum atomic E-state index is 12.3. The average molecular weight is 384 g/mol. The van der Waals surface area contributed by atoms with E-state index < -0.39 is 4.92 Å². The van der Waals surface area contributed by atoms with Crippen LogP contribution < -0.4 is 5.32 Å². The zero-order valence-corrected chi connectivity index (χ0v) is 15.3. The molecule has 28 heavy (non-hydrogen) atoms. The summed E-state index contributed by atoms with van der Waals surface area (Å²) in [5.74, 6) is 0.563. The minimum Gasteiger partial charge on any atom is -0.360 e. The van der Waals surface area contributed by atoms with Crippen LogP contribution in [0.25, 0.3) is 6.08 Å². The van der Waals surface area contributed by atoms with Crippen LogP contribution in [-0.2, 0) is 9.59 Å². The largest absolute Gasteiger partial charge is 0.360 e. The Morgan fingerprint density at radius 1 is 1.29 bits per heavy atom. The molecule has 0 aliphatic carbocycles. The van der Waals surface area contributed by atoms with E-state index in [2.05, 4.69) is 10.5 Å².